The molecule has 0 saturated heterocycles. The Morgan fingerprint density at radius 2 is 1.52 bits per heavy atom. The molecule has 0 aliphatic rings. The molecule has 3 aromatic carbocycles. The van der Waals surface area contributed by atoms with Crippen LogP contribution in [-0.4, -0.2) is 16.1 Å². The van der Waals surface area contributed by atoms with Crippen LogP contribution in [0.1, 0.15) is 28.5 Å². The highest BCUT2D eigenvalue weighted by molar-refractivity contribution is 7.15. The monoisotopic (exact) mass is 449 g/mol. The predicted molar refractivity (Wildman–Crippen MR) is 124 cm³/mol. The molecule has 0 radical (unpaired) electrons. The lowest BCUT2D eigenvalue weighted by Gasteiger charge is -2.17. The van der Waals surface area contributed by atoms with E-state index in [0.717, 1.165) is 11.1 Å². The first-order valence-electron chi connectivity index (χ1n) is 9.78. The maximum absolute atomic E-state index is 12.8. The van der Waals surface area contributed by atoms with Gasteiger partial charge in [0.1, 0.15) is 12.4 Å². The second kappa shape index (κ2) is 10.2. The van der Waals surface area contributed by atoms with Gasteiger partial charge in [-0.25, -0.2) is 0 Å². The predicted octanol–water partition coefficient (Wildman–Crippen LogP) is 5.93. The van der Waals surface area contributed by atoms with Crippen molar-refractivity contribution in [2.45, 2.75) is 18.9 Å². The lowest BCUT2D eigenvalue weighted by molar-refractivity contribution is -0.116. The molecule has 1 heterocycles. The lowest BCUT2D eigenvalue weighted by atomic mass is 9.88. The fourth-order valence-corrected chi connectivity index (χ4v) is 3.99. The summed E-state index contributed by atoms with van der Waals surface area (Å²) in [5.41, 5.74) is 2.19. The number of benzene rings is 3. The number of carbonyl (C=O) groups excluding carboxylic acids is 1. The summed E-state index contributed by atoms with van der Waals surface area (Å²) in [4.78, 5) is 12.8. The van der Waals surface area contributed by atoms with Gasteiger partial charge < -0.3 is 10.1 Å². The number of hydrogen-bond donors (Lipinski definition) is 1. The number of anilines is 1. The van der Waals surface area contributed by atoms with Crippen LogP contribution < -0.4 is 10.1 Å². The van der Waals surface area contributed by atoms with E-state index in [1.807, 2.05) is 60.7 Å². The van der Waals surface area contributed by atoms with Crippen molar-refractivity contribution in [1.82, 2.24) is 10.2 Å². The number of ether oxygens (including phenoxy) is 1. The lowest BCUT2D eigenvalue weighted by Crippen LogP contribution is -2.16. The van der Waals surface area contributed by atoms with E-state index in [0.29, 0.717) is 27.3 Å². The molecule has 1 amide bonds. The van der Waals surface area contributed by atoms with Gasteiger partial charge in [-0.15, -0.1) is 10.2 Å². The van der Waals surface area contributed by atoms with Gasteiger partial charge in [0.25, 0.3) is 0 Å². The average Bonchev–Trinajstić information content (AvgIpc) is 3.25. The summed E-state index contributed by atoms with van der Waals surface area (Å²) >= 11 is 7.18. The number of nitrogens with one attached hydrogen (secondary N) is 1. The Bertz CT molecular complexity index is 1080. The third-order valence-corrected chi connectivity index (χ3v) is 5.75. The summed E-state index contributed by atoms with van der Waals surface area (Å²) < 4.78 is 5.68. The van der Waals surface area contributed by atoms with Crippen LogP contribution in [0.5, 0.6) is 5.75 Å². The fraction of sp³-hybridized carbons (Fsp3) is 0.125. The minimum absolute atomic E-state index is 0.0389. The Hall–Kier alpha value is -3.22. The van der Waals surface area contributed by atoms with Crippen LogP contribution >= 0.6 is 22.9 Å². The summed E-state index contributed by atoms with van der Waals surface area (Å²) in [6.45, 7) is 0.270. The third-order valence-electron chi connectivity index (χ3n) is 4.68. The molecule has 0 aliphatic carbocycles. The Balaban J connectivity index is 1.39. The van der Waals surface area contributed by atoms with E-state index in [4.69, 9.17) is 16.3 Å². The van der Waals surface area contributed by atoms with Crippen molar-refractivity contribution in [3.05, 3.63) is 106 Å². The van der Waals surface area contributed by atoms with Gasteiger partial charge in [-0.1, -0.05) is 83.6 Å². The second-order valence-corrected chi connectivity index (χ2v) is 8.37. The molecule has 5 nitrogen and oxygen atoms in total. The van der Waals surface area contributed by atoms with E-state index in [2.05, 4.69) is 15.5 Å². The Morgan fingerprint density at radius 3 is 2.13 bits per heavy atom. The van der Waals surface area contributed by atoms with Gasteiger partial charge in [0.2, 0.25) is 11.0 Å². The van der Waals surface area contributed by atoms with E-state index >= 15 is 0 Å². The van der Waals surface area contributed by atoms with Crippen molar-refractivity contribution in [3.63, 3.8) is 0 Å². The summed E-state index contributed by atoms with van der Waals surface area (Å²) in [5.74, 6) is 0.542. The van der Waals surface area contributed by atoms with Gasteiger partial charge in [0, 0.05) is 17.4 Å². The number of halogens is 1. The standard InChI is InChI=1S/C24H20ClN3O2S/c25-19-11-13-20(14-12-19)30-16-23-27-28-24(31-23)26-22(29)15-21(17-7-3-1-4-8-17)18-9-5-2-6-10-18/h1-14,21H,15-16H2,(H,26,28,29). The largest absolute Gasteiger partial charge is 0.486 e. The molecule has 0 spiro atoms. The molecular weight excluding hydrogens is 430 g/mol. The number of hydrogen-bond acceptors (Lipinski definition) is 5. The first-order chi connectivity index (χ1) is 15.2. The van der Waals surface area contributed by atoms with Crippen molar-refractivity contribution in [2.75, 3.05) is 5.32 Å². The fourth-order valence-electron chi connectivity index (χ4n) is 3.19. The topological polar surface area (TPSA) is 64.1 Å². The normalized spacial score (nSPS) is 10.8. The SMILES string of the molecule is O=C(CC(c1ccccc1)c1ccccc1)Nc1nnc(COc2ccc(Cl)cc2)s1. The molecule has 0 fully saturated rings. The van der Waals surface area contributed by atoms with Crippen LogP contribution in [0.25, 0.3) is 0 Å². The van der Waals surface area contributed by atoms with Gasteiger partial charge in [0.15, 0.2) is 5.01 Å². The quantitative estimate of drug-likeness (QED) is 0.362. The molecule has 7 heteroatoms. The van der Waals surface area contributed by atoms with Gasteiger partial charge in [-0.05, 0) is 35.4 Å². The maximum atomic E-state index is 12.8. The summed E-state index contributed by atoms with van der Waals surface area (Å²) in [5, 5.41) is 12.8. The van der Waals surface area contributed by atoms with Crippen molar-refractivity contribution >= 4 is 34.0 Å². The van der Waals surface area contributed by atoms with Crippen LogP contribution in [0.15, 0.2) is 84.9 Å². The van der Waals surface area contributed by atoms with Crippen LogP contribution in [0.3, 0.4) is 0 Å². The van der Waals surface area contributed by atoms with E-state index in [-0.39, 0.29) is 18.4 Å². The molecule has 0 aliphatic heterocycles. The Labute approximate surface area is 189 Å². The summed E-state index contributed by atoms with van der Waals surface area (Å²) in [6.07, 6.45) is 0.310. The zero-order valence-electron chi connectivity index (χ0n) is 16.6. The first-order valence-corrected chi connectivity index (χ1v) is 11.0. The molecule has 0 unspecified atom stereocenters. The molecular formula is C24H20ClN3O2S. The highest BCUT2D eigenvalue weighted by Gasteiger charge is 2.19. The number of aromatic nitrogens is 2. The van der Waals surface area contributed by atoms with E-state index in [1.165, 1.54) is 11.3 Å². The minimum atomic E-state index is -0.112. The van der Waals surface area contributed by atoms with E-state index in [9.17, 15) is 4.79 Å². The third kappa shape index (κ3) is 5.90. The smallest absolute Gasteiger partial charge is 0.227 e. The average molecular weight is 450 g/mol. The van der Waals surface area contributed by atoms with Crippen LogP contribution in [0, 0.1) is 0 Å². The van der Waals surface area contributed by atoms with Crippen molar-refractivity contribution in [1.29, 1.82) is 0 Å². The van der Waals surface area contributed by atoms with E-state index < -0.39 is 0 Å². The first kappa shape index (κ1) is 21.0. The highest BCUT2D eigenvalue weighted by Crippen LogP contribution is 2.28. The number of rotatable bonds is 8. The minimum Gasteiger partial charge on any atom is -0.486 e. The van der Waals surface area contributed by atoms with Crippen LogP contribution in [0.4, 0.5) is 5.13 Å². The van der Waals surface area contributed by atoms with Gasteiger partial charge >= 0.3 is 0 Å². The molecule has 0 saturated carbocycles. The van der Waals surface area contributed by atoms with Gasteiger partial charge in [-0.3, -0.25) is 4.79 Å². The van der Waals surface area contributed by atoms with Crippen molar-refractivity contribution < 1.29 is 9.53 Å². The van der Waals surface area contributed by atoms with Gasteiger partial charge in [-0.2, -0.15) is 0 Å². The zero-order valence-corrected chi connectivity index (χ0v) is 18.1. The van der Waals surface area contributed by atoms with Gasteiger partial charge in [0.05, 0.1) is 0 Å². The van der Waals surface area contributed by atoms with Crippen molar-refractivity contribution in [3.8, 4) is 5.75 Å². The van der Waals surface area contributed by atoms with Crippen molar-refractivity contribution in [2.24, 2.45) is 0 Å². The second-order valence-electron chi connectivity index (χ2n) is 6.87. The summed E-state index contributed by atoms with van der Waals surface area (Å²) in [6, 6.07) is 27.2. The molecule has 0 atom stereocenters. The Kier molecular flexibility index (Phi) is 6.92. The molecule has 156 valence electrons. The number of amides is 1. The highest BCUT2D eigenvalue weighted by atomic mass is 35.5. The van der Waals surface area contributed by atoms with E-state index in [1.54, 1.807) is 24.3 Å². The Morgan fingerprint density at radius 1 is 0.903 bits per heavy atom. The number of nitrogens with zero attached hydrogens (tertiary/aromatic N) is 2. The summed E-state index contributed by atoms with van der Waals surface area (Å²) in [7, 11) is 0. The molecule has 1 N–H and O–H groups in total. The number of carbonyl (C=O) groups is 1. The molecule has 4 aromatic rings. The molecule has 4 rings (SSSR count). The van der Waals surface area contributed by atoms with Crippen LogP contribution in [-0.2, 0) is 11.4 Å². The molecule has 0 bridgehead atoms. The molecule has 31 heavy (non-hydrogen) atoms. The molecule has 1 aromatic heterocycles. The van der Waals surface area contributed by atoms with Crippen LogP contribution in [0.2, 0.25) is 5.02 Å². The maximum Gasteiger partial charge on any atom is 0.227 e. The zero-order chi connectivity index (χ0) is 21.5.